The van der Waals surface area contributed by atoms with E-state index in [1.807, 2.05) is 12.1 Å². The molecular formula is C12H11ClO3. The van der Waals surface area contributed by atoms with E-state index in [1.165, 1.54) is 18.2 Å². The molecule has 0 heterocycles. The molecule has 0 radical (unpaired) electrons. The van der Waals surface area contributed by atoms with Gasteiger partial charge in [-0.1, -0.05) is 29.8 Å². The van der Waals surface area contributed by atoms with E-state index < -0.39 is 0 Å². The lowest BCUT2D eigenvalue weighted by Gasteiger charge is -2.06. The Morgan fingerprint density at radius 1 is 0.875 bits per heavy atom. The van der Waals surface area contributed by atoms with Gasteiger partial charge in [-0.15, -0.1) is 0 Å². The smallest absolute Gasteiger partial charge is 0.123 e. The van der Waals surface area contributed by atoms with Crippen LogP contribution in [-0.2, 0) is 0 Å². The van der Waals surface area contributed by atoms with Crippen LogP contribution in [-0.4, -0.2) is 15.7 Å². The Balaban J connectivity index is 0.00000128. The zero-order chi connectivity index (χ0) is 10.8. The summed E-state index contributed by atoms with van der Waals surface area (Å²) in [6, 6.07) is 11.5. The Labute approximate surface area is 97.9 Å². The minimum absolute atomic E-state index is 0. The lowest BCUT2D eigenvalue weighted by Crippen LogP contribution is -1.80. The number of phenols is 2. The van der Waals surface area contributed by atoms with Gasteiger partial charge in [-0.05, 0) is 24.3 Å². The third kappa shape index (κ3) is 2.27. The van der Waals surface area contributed by atoms with Crippen LogP contribution in [0.1, 0.15) is 0 Å². The third-order valence-electron chi connectivity index (χ3n) is 2.14. The largest absolute Gasteiger partial charge is 0.508 e. The molecule has 0 aliphatic carbocycles. The van der Waals surface area contributed by atoms with Crippen LogP contribution in [0.3, 0.4) is 0 Å². The van der Waals surface area contributed by atoms with Gasteiger partial charge in [0.15, 0.2) is 0 Å². The van der Waals surface area contributed by atoms with Gasteiger partial charge in [-0.3, -0.25) is 0 Å². The second-order valence-electron chi connectivity index (χ2n) is 3.18. The fourth-order valence-corrected chi connectivity index (χ4v) is 1.66. The minimum atomic E-state index is 0. The highest BCUT2D eigenvalue weighted by atomic mass is 35.5. The van der Waals surface area contributed by atoms with Crippen molar-refractivity contribution >= 4 is 11.6 Å². The van der Waals surface area contributed by atoms with Crippen molar-refractivity contribution in [2.75, 3.05) is 0 Å². The summed E-state index contributed by atoms with van der Waals surface area (Å²) in [7, 11) is 0. The molecule has 0 atom stereocenters. The normalized spacial score (nSPS) is 9.56. The van der Waals surface area contributed by atoms with E-state index in [9.17, 15) is 10.2 Å². The quantitative estimate of drug-likeness (QED) is 0.750. The lowest BCUT2D eigenvalue weighted by molar-refractivity contribution is 0.462. The molecular weight excluding hydrogens is 228 g/mol. The van der Waals surface area contributed by atoms with Crippen molar-refractivity contribution < 1.29 is 15.7 Å². The monoisotopic (exact) mass is 238 g/mol. The van der Waals surface area contributed by atoms with Gasteiger partial charge in [-0.2, -0.15) is 0 Å². The molecule has 0 aliphatic rings. The van der Waals surface area contributed by atoms with Gasteiger partial charge in [0.25, 0.3) is 0 Å². The third-order valence-corrected chi connectivity index (χ3v) is 2.47. The van der Waals surface area contributed by atoms with Crippen LogP contribution in [0.4, 0.5) is 0 Å². The molecule has 0 fully saturated rings. The Morgan fingerprint density at radius 3 is 2.25 bits per heavy atom. The number of hydrogen-bond donors (Lipinski definition) is 2. The summed E-state index contributed by atoms with van der Waals surface area (Å²) in [4.78, 5) is 0. The van der Waals surface area contributed by atoms with Crippen molar-refractivity contribution in [2.24, 2.45) is 0 Å². The van der Waals surface area contributed by atoms with Crippen LogP contribution >= 0.6 is 11.6 Å². The van der Waals surface area contributed by atoms with Gasteiger partial charge in [0, 0.05) is 16.1 Å². The van der Waals surface area contributed by atoms with Gasteiger partial charge in [0.05, 0.1) is 0 Å². The van der Waals surface area contributed by atoms with Gasteiger partial charge >= 0.3 is 0 Å². The summed E-state index contributed by atoms with van der Waals surface area (Å²) in [5, 5.41) is 19.5. The molecule has 16 heavy (non-hydrogen) atoms. The van der Waals surface area contributed by atoms with E-state index in [2.05, 4.69) is 0 Å². The fraction of sp³-hybridized carbons (Fsp3) is 0. The first-order valence-electron chi connectivity index (χ1n) is 4.45. The molecule has 2 rings (SSSR count). The van der Waals surface area contributed by atoms with E-state index in [0.717, 1.165) is 0 Å². The highest BCUT2D eigenvalue weighted by Gasteiger charge is 2.08. The maximum absolute atomic E-state index is 9.64. The molecule has 4 heteroatoms. The number of hydrogen-bond acceptors (Lipinski definition) is 2. The van der Waals surface area contributed by atoms with Gasteiger partial charge in [-0.25, -0.2) is 0 Å². The Kier molecular flexibility index (Phi) is 3.77. The summed E-state index contributed by atoms with van der Waals surface area (Å²) >= 11 is 5.99. The zero-order valence-electron chi connectivity index (χ0n) is 8.31. The van der Waals surface area contributed by atoms with E-state index >= 15 is 0 Å². The van der Waals surface area contributed by atoms with E-state index in [0.29, 0.717) is 16.1 Å². The van der Waals surface area contributed by atoms with Crippen LogP contribution in [0.2, 0.25) is 5.02 Å². The summed E-state index contributed by atoms with van der Waals surface area (Å²) in [6.45, 7) is 0. The lowest BCUT2D eigenvalue weighted by atomic mass is 10.0. The molecule has 0 unspecified atom stereocenters. The van der Waals surface area contributed by atoms with E-state index in [-0.39, 0.29) is 17.0 Å². The summed E-state index contributed by atoms with van der Waals surface area (Å²) in [5.41, 5.74) is 1.23. The zero-order valence-corrected chi connectivity index (χ0v) is 9.07. The number of benzene rings is 2. The molecule has 0 aromatic heterocycles. The van der Waals surface area contributed by atoms with Crippen molar-refractivity contribution in [3.63, 3.8) is 0 Å². The van der Waals surface area contributed by atoms with E-state index in [4.69, 9.17) is 11.6 Å². The highest BCUT2D eigenvalue weighted by molar-refractivity contribution is 6.33. The molecule has 4 N–H and O–H groups in total. The first-order valence-corrected chi connectivity index (χ1v) is 4.83. The molecule has 0 bridgehead atoms. The van der Waals surface area contributed by atoms with Crippen LogP contribution in [0.15, 0.2) is 42.5 Å². The number of aromatic hydroxyl groups is 2. The summed E-state index contributed by atoms with van der Waals surface area (Å²) in [6.07, 6.45) is 0. The van der Waals surface area contributed by atoms with Gasteiger partial charge in [0.1, 0.15) is 11.5 Å². The van der Waals surface area contributed by atoms with E-state index in [1.54, 1.807) is 12.1 Å². The predicted octanol–water partition coefficient (Wildman–Crippen LogP) is 2.59. The number of phenolic OH excluding ortho intramolecular Hbond substituents is 2. The second kappa shape index (κ2) is 4.88. The molecule has 0 spiro atoms. The van der Waals surface area contributed by atoms with Crippen molar-refractivity contribution in [1.82, 2.24) is 0 Å². The average Bonchev–Trinajstić information content (AvgIpc) is 2.23. The topological polar surface area (TPSA) is 72.0 Å². The van der Waals surface area contributed by atoms with Crippen LogP contribution in [0, 0.1) is 0 Å². The Morgan fingerprint density at radius 2 is 1.56 bits per heavy atom. The molecule has 0 saturated heterocycles. The maximum atomic E-state index is 9.64. The van der Waals surface area contributed by atoms with Crippen molar-refractivity contribution in [1.29, 1.82) is 0 Å². The first kappa shape index (κ1) is 12.4. The SMILES string of the molecule is O.Oc1ccc(O)c(-c2ccccc2Cl)c1. The molecule has 3 nitrogen and oxygen atoms in total. The minimum Gasteiger partial charge on any atom is -0.508 e. The average molecular weight is 239 g/mol. The van der Waals surface area contributed by atoms with Crippen LogP contribution in [0.25, 0.3) is 11.1 Å². The van der Waals surface area contributed by atoms with Crippen molar-refractivity contribution in [3.8, 4) is 22.6 Å². The second-order valence-corrected chi connectivity index (χ2v) is 3.59. The molecule has 0 aliphatic heterocycles. The number of halogens is 1. The maximum Gasteiger partial charge on any atom is 0.123 e. The van der Waals surface area contributed by atoms with Crippen LogP contribution < -0.4 is 0 Å². The molecule has 2 aromatic carbocycles. The van der Waals surface area contributed by atoms with Gasteiger partial charge in [0.2, 0.25) is 0 Å². The summed E-state index contributed by atoms with van der Waals surface area (Å²) < 4.78 is 0. The standard InChI is InChI=1S/C12H9ClO2.H2O/c13-11-4-2-1-3-9(11)10-7-8(14)5-6-12(10)15;/h1-7,14-15H;1H2. The Hall–Kier alpha value is -1.71. The fourth-order valence-electron chi connectivity index (χ4n) is 1.42. The van der Waals surface area contributed by atoms with Crippen molar-refractivity contribution in [2.45, 2.75) is 0 Å². The molecule has 2 aromatic rings. The first-order chi connectivity index (χ1) is 7.18. The Bertz CT molecular complexity index is 497. The molecule has 0 saturated carbocycles. The van der Waals surface area contributed by atoms with Crippen molar-refractivity contribution in [3.05, 3.63) is 47.5 Å². The van der Waals surface area contributed by atoms with Gasteiger partial charge < -0.3 is 15.7 Å². The number of rotatable bonds is 1. The molecule has 84 valence electrons. The highest BCUT2D eigenvalue weighted by Crippen LogP contribution is 2.35. The summed E-state index contributed by atoms with van der Waals surface area (Å²) in [5.74, 6) is 0.198. The van der Waals surface area contributed by atoms with Crippen LogP contribution in [0.5, 0.6) is 11.5 Å². The molecule has 0 amide bonds. The predicted molar refractivity (Wildman–Crippen MR) is 63.8 cm³/mol.